The highest BCUT2D eigenvalue weighted by molar-refractivity contribution is 7.81. The summed E-state index contributed by atoms with van der Waals surface area (Å²) >= 11 is 0. The van der Waals surface area contributed by atoms with E-state index in [4.69, 9.17) is 0 Å². The van der Waals surface area contributed by atoms with E-state index in [1.165, 1.54) is 36.4 Å². The lowest BCUT2D eigenvalue weighted by atomic mass is 9.98. The molecule has 0 radical (unpaired) electrons. The first kappa shape index (κ1) is 17.7. The Kier molecular flexibility index (Phi) is 4.56. The van der Waals surface area contributed by atoms with Crippen LogP contribution in [0.4, 0.5) is 14.0 Å². The Morgan fingerprint density at radius 1 is 1.08 bits per heavy atom. The Hall–Kier alpha value is -3.07. The van der Waals surface area contributed by atoms with Crippen LogP contribution in [0.2, 0.25) is 0 Å². The first-order valence-corrected chi connectivity index (χ1v) is 8.61. The van der Waals surface area contributed by atoms with Crippen molar-refractivity contribution in [3.8, 4) is 5.75 Å². The Morgan fingerprint density at radius 2 is 1.77 bits per heavy atom. The van der Waals surface area contributed by atoms with E-state index in [1.54, 1.807) is 0 Å². The average Bonchev–Trinajstić information content (AvgIpc) is 2.66. The van der Waals surface area contributed by atoms with Crippen molar-refractivity contribution >= 4 is 34.0 Å². The van der Waals surface area contributed by atoms with Gasteiger partial charge in [-0.15, -0.1) is 0 Å². The smallest absolute Gasteiger partial charge is 0.358 e. The third-order valence-electron chi connectivity index (χ3n) is 3.56. The molecule has 0 atom stereocenters. The third kappa shape index (κ3) is 4.12. The Bertz CT molecular complexity index is 1030. The van der Waals surface area contributed by atoms with Gasteiger partial charge < -0.3 is 9.50 Å². The minimum atomic E-state index is -5.13. The predicted octanol–water partition coefficient (Wildman–Crippen LogP) is 3.03. The molecule has 0 aliphatic carbocycles. The van der Waals surface area contributed by atoms with Crippen LogP contribution in [-0.4, -0.2) is 20.1 Å². The molecule has 9 heteroatoms. The van der Waals surface area contributed by atoms with Crippen LogP contribution < -0.4 is 9.50 Å². The summed E-state index contributed by atoms with van der Waals surface area (Å²) in [6, 6.07) is 8.65. The summed E-state index contributed by atoms with van der Waals surface area (Å²) < 4.78 is 50.9. The molecule has 2 aromatic rings. The van der Waals surface area contributed by atoms with Gasteiger partial charge in [0.05, 0.1) is 12.1 Å². The maximum atomic E-state index is 13.5. The fourth-order valence-corrected chi connectivity index (χ4v) is 2.83. The third-order valence-corrected chi connectivity index (χ3v) is 3.95. The van der Waals surface area contributed by atoms with Crippen LogP contribution in [0.25, 0.3) is 6.08 Å². The van der Waals surface area contributed by atoms with Gasteiger partial charge >= 0.3 is 10.5 Å². The van der Waals surface area contributed by atoms with Crippen molar-refractivity contribution in [1.82, 2.24) is 0 Å². The van der Waals surface area contributed by atoms with Crippen molar-refractivity contribution in [1.29, 1.82) is 0 Å². The molecule has 1 aliphatic heterocycles. The summed E-state index contributed by atoms with van der Waals surface area (Å²) in [5.41, 5.74) is 0.829. The number of Topliss-reactive ketones (excluding diaryl/α,β-unsaturated/α-hetero) is 1. The number of nitrogens with one attached hydrogen (secondary N) is 1. The van der Waals surface area contributed by atoms with Crippen LogP contribution in [0.15, 0.2) is 48.0 Å². The number of carbonyl (C=O) groups is 2. The molecule has 0 spiro atoms. The molecule has 6 nitrogen and oxygen atoms in total. The van der Waals surface area contributed by atoms with Gasteiger partial charge in [-0.2, -0.15) is 8.42 Å². The minimum absolute atomic E-state index is 0.0329. The molecule has 3 rings (SSSR count). The first-order valence-electron chi connectivity index (χ1n) is 7.30. The molecule has 1 amide bonds. The summed E-state index contributed by atoms with van der Waals surface area (Å²) in [6.45, 7) is 0. The Labute approximate surface area is 147 Å². The van der Waals surface area contributed by atoms with E-state index in [2.05, 4.69) is 9.50 Å². The van der Waals surface area contributed by atoms with Gasteiger partial charge in [0.25, 0.3) is 0 Å². The number of hydrogen-bond donors (Lipinski definition) is 1. The van der Waals surface area contributed by atoms with Gasteiger partial charge in [0.1, 0.15) is 11.6 Å². The number of anilines is 1. The highest BCUT2D eigenvalue weighted by Crippen LogP contribution is 2.27. The molecule has 1 aliphatic rings. The maximum Gasteiger partial charge on any atom is 0.488 e. The van der Waals surface area contributed by atoms with Crippen molar-refractivity contribution in [3.63, 3.8) is 0 Å². The number of hydrogen-bond acceptors (Lipinski definition) is 5. The lowest BCUT2D eigenvalue weighted by Crippen LogP contribution is -2.10. The molecule has 0 saturated heterocycles. The molecular formula is C17H11F2NO5S. The number of amides is 1. The second-order valence-corrected chi connectivity index (χ2v) is 6.41. The minimum Gasteiger partial charge on any atom is -0.358 e. The number of benzene rings is 2. The fraction of sp³-hybridized carbons (Fsp3) is 0.0588. The highest BCUT2D eigenvalue weighted by Gasteiger charge is 2.24. The van der Waals surface area contributed by atoms with Crippen molar-refractivity contribution < 1.29 is 30.5 Å². The summed E-state index contributed by atoms with van der Waals surface area (Å²) in [6.07, 6.45) is 1.20. The van der Waals surface area contributed by atoms with Crippen molar-refractivity contribution in [2.24, 2.45) is 0 Å². The van der Waals surface area contributed by atoms with Crippen LogP contribution in [-0.2, 0) is 15.3 Å². The van der Waals surface area contributed by atoms with E-state index < -0.39 is 28.0 Å². The van der Waals surface area contributed by atoms with E-state index in [0.717, 1.165) is 12.1 Å². The number of halogens is 2. The van der Waals surface area contributed by atoms with Crippen LogP contribution >= 0.6 is 0 Å². The monoisotopic (exact) mass is 379 g/mol. The molecule has 0 saturated carbocycles. The van der Waals surface area contributed by atoms with Crippen LogP contribution in [0.1, 0.15) is 22.3 Å². The zero-order chi connectivity index (χ0) is 18.9. The predicted molar refractivity (Wildman–Crippen MR) is 89.1 cm³/mol. The topological polar surface area (TPSA) is 89.5 Å². The van der Waals surface area contributed by atoms with E-state index in [0.29, 0.717) is 5.56 Å². The van der Waals surface area contributed by atoms with Crippen LogP contribution in [0.5, 0.6) is 5.75 Å². The highest BCUT2D eigenvalue weighted by atomic mass is 32.3. The second-order valence-electron chi connectivity index (χ2n) is 5.46. The number of carbonyl (C=O) groups excluding carboxylic acids is 2. The number of fused-ring (bicyclic) bond motifs is 1. The Morgan fingerprint density at radius 3 is 2.42 bits per heavy atom. The molecule has 2 aromatic carbocycles. The summed E-state index contributed by atoms with van der Waals surface area (Å²) in [5.74, 6) is -1.79. The molecular weight excluding hydrogens is 368 g/mol. The maximum absolute atomic E-state index is 13.5. The van der Waals surface area contributed by atoms with Crippen LogP contribution in [0, 0.1) is 5.82 Å². The fourth-order valence-electron chi connectivity index (χ4n) is 2.49. The summed E-state index contributed by atoms with van der Waals surface area (Å²) in [4.78, 5) is 24.6. The average molecular weight is 379 g/mol. The van der Waals surface area contributed by atoms with Crippen LogP contribution in [0.3, 0.4) is 0 Å². The van der Waals surface area contributed by atoms with Gasteiger partial charge in [0.2, 0.25) is 5.91 Å². The first-order chi connectivity index (χ1) is 12.2. The second kappa shape index (κ2) is 6.68. The quantitative estimate of drug-likeness (QED) is 0.654. The zero-order valence-electron chi connectivity index (χ0n) is 13.0. The SMILES string of the molecule is O=C1C/C(=C/c2ccc(OS(=O)(=O)F)cc2)C(=O)c2cc(F)ccc2N1. The number of rotatable bonds is 3. The van der Waals surface area contributed by atoms with Gasteiger partial charge in [0, 0.05) is 11.1 Å². The van der Waals surface area contributed by atoms with Gasteiger partial charge in [-0.1, -0.05) is 16.0 Å². The lowest BCUT2D eigenvalue weighted by Gasteiger charge is -2.05. The molecule has 0 aromatic heterocycles. The van der Waals surface area contributed by atoms with Gasteiger partial charge in [-0.25, -0.2) is 4.39 Å². The van der Waals surface area contributed by atoms with E-state index >= 15 is 0 Å². The van der Waals surface area contributed by atoms with Gasteiger partial charge in [-0.05, 0) is 42.0 Å². The van der Waals surface area contributed by atoms with Crippen molar-refractivity contribution in [3.05, 3.63) is 65.0 Å². The van der Waals surface area contributed by atoms with E-state index in [1.807, 2.05) is 0 Å². The summed E-state index contributed by atoms with van der Waals surface area (Å²) in [7, 11) is -5.13. The van der Waals surface area contributed by atoms with Crippen molar-refractivity contribution in [2.45, 2.75) is 6.42 Å². The zero-order valence-corrected chi connectivity index (χ0v) is 13.8. The lowest BCUT2D eigenvalue weighted by molar-refractivity contribution is -0.115. The molecule has 1 heterocycles. The van der Waals surface area contributed by atoms with Gasteiger partial charge in [0.15, 0.2) is 5.78 Å². The van der Waals surface area contributed by atoms with Crippen molar-refractivity contribution in [2.75, 3.05) is 5.32 Å². The molecule has 26 heavy (non-hydrogen) atoms. The summed E-state index contributed by atoms with van der Waals surface area (Å²) in [5, 5.41) is 2.54. The molecule has 0 unspecified atom stereocenters. The normalized spacial score (nSPS) is 16.0. The molecule has 1 N–H and O–H groups in total. The Balaban J connectivity index is 1.94. The standard InChI is InChI=1S/C17H11F2NO5S/c18-12-3-6-15-14(9-12)17(22)11(8-16(21)20-15)7-10-1-4-13(5-2-10)25-26(19,23)24/h1-7,9H,8H2,(H,20,21)/b11-7-. The molecule has 0 bridgehead atoms. The molecule has 0 fully saturated rings. The molecule has 134 valence electrons. The van der Waals surface area contributed by atoms with E-state index in [9.17, 15) is 26.3 Å². The largest absolute Gasteiger partial charge is 0.488 e. The van der Waals surface area contributed by atoms with E-state index in [-0.39, 0.29) is 29.0 Å². The van der Waals surface area contributed by atoms with Gasteiger partial charge in [-0.3, -0.25) is 9.59 Å². The number of ketones is 1.